The van der Waals surface area contributed by atoms with Crippen LogP contribution < -0.4 is 4.90 Å². The number of halogens is 1. The summed E-state index contributed by atoms with van der Waals surface area (Å²) >= 11 is 1.30. The van der Waals surface area contributed by atoms with E-state index in [9.17, 15) is 9.18 Å². The van der Waals surface area contributed by atoms with Crippen molar-refractivity contribution in [2.45, 2.75) is 5.16 Å². The van der Waals surface area contributed by atoms with E-state index in [1.807, 2.05) is 11.0 Å². The fraction of sp³-hybridized carbons (Fsp3) is 0.250. The molecule has 3 heterocycles. The zero-order valence-corrected chi connectivity index (χ0v) is 16.9. The number of piperazine rings is 1. The minimum Gasteiger partial charge on any atom is -0.338 e. The molecule has 0 unspecified atom stereocenters. The van der Waals surface area contributed by atoms with Crippen LogP contribution in [0.1, 0.15) is 11.4 Å². The first-order valence-corrected chi connectivity index (χ1v) is 10.4. The SMILES string of the molecule is O=C(CSc1n[nH]c(/C=C/c2ccc(F)cc2)n1)N1CCN(c2ncccn2)CC1. The Bertz CT molecular complexity index is 1000. The molecule has 1 aliphatic heterocycles. The van der Waals surface area contributed by atoms with Gasteiger partial charge >= 0.3 is 0 Å². The number of nitrogens with zero attached hydrogens (tertiary/aromatic N) is 6. The van der Waals surface area contributed by atoms with Crippen molar-refractivity contribution in [1.82, 2.24) is 30.0 Å². The van der Waals surface area contributed by atoms with Gasteiger partial charge in [-0.1, -0.05) is 30.0 Å². The fourth-order valence-corrected chi connectivity index (χ4v) is 3.68. The van der Waals surface area contributed by atoms with Crippen LogP contribution in [0.15, 0.2) is 47.9 Å². The summed E-state index contributed by atoms with van der Waals surface area (Å²) in [6.45, 7) is 2.69. The highest BCUT2D eigenvalue weighted by molar-refractivity contribution is 7.99. The first-order chi connectivity index (χ1) is 14.7. The minimum absolute atomic E-state index is 0.0573. The van der Waals surface area contributed by atoms with Crippen LogP contribution in [0.2, 0.25) is 0 Å². The third-order valence-electron chi connectivity index (χ3n) is 4.58. The average molecular weight is 425 g/mol. The molecule has 0 saturated carbocycles. The normalized spacial score (nSPS) is 14.4. The monoisotopic (exact) mass is 425 g/mol. The van der Waals surface area contributed by atoms with Gasteiger partial charge in [0.1, 0.15) is 11.6 Å². The van der Waals surface area contributed by atoms with Crippen LogP contribution in [0.5, 0.6) is 0 Å². The van der Waals surface area contributed by atoms with Crippen LogP contribution in [0.3, 0.4) is 0 Å². The second-order valence-corrected chi connectivity index (χ2v) is 7.54. The molecular formula is C20H20FN7OS. The van der Waals surface area contributed by atoms with Gasteiger partial charge in [0.25, 0.3) is 0 Å². The number of amides is 1. The van der Waals surface area contributed by atoms with E-state index in [0.717, 1.165) is 5.56 Å². The van der Waals surface area contributed by atoms with Crippen LogP contribution in [0.4, 0.5) is 10.3 Å². The number of aromatic nitrogens is 5. The molecule has 1 N–H and O–H groups in total. The van der Waals surface area contributed by atoms with Gasteiger partial charge in [0, 0.05) is 38.6 Å². The lowest BCUT2D eigenvalue weighted by Crippen LogP contribution is -2.49. The van der Waals surface area contributed by atoms with E-state index < -0.39 is 0 Å². The van der Waals surface area contributed by atoms with Crippen molar-refractivity contribution in [2.24, 2.45) is 0 Å². The highest BCUT2D eigenvalue weighted by Gasteiger charge is 2.22. The Morgan fingerprint density at radius 3 is 2.57 bits per heavy atom. The number of benzene rings is 1. The highest BCUT2D eigenvalue weighted by atomic mass is 32.2. The Labute approximate surface area is 177 Å². The van der Waals surface area contributed by atoms with Crippen molar-refractivity contribution in [3.63, 3.8) is 0 Å². The Balaban J connectivity index is 1.24. The maximum absolute atomic E-state index is 12.9. The quantitative estimate of drug-likeness (QED) is 0.606. The molecule has 154 valence electrons. The van der Waals surface area contributed by atoms with Crippen molar-refractivity contribution < 1.29 is 9.18 Å². The van der Waals surface area contributed by atoms with E-state index >= 15 is 0 Å². The van der Waals surface area contributed by atoms with Gasteiger partial charge < -0.3 is 9.80 Å². The van der Waals surface area contributed by atoms with Gasteiger partial charge in [0.15, 0.2) is 0 Å². The van der Waals surface area contributed by atoms with Crippen molar-refractivity contribution in [1.29, 1.82) is 0 Å². The minimum atomic E-state index is -0.273. The molecule has 1 aliphatic rings. The first kappa shape index (κ1) is 20.0. The molecule has 0 atom stereocenters. The van der Waals surface area contributed by atoms with Gasteiger partial charge in [-0.05, 0) is 29.8 Å². The largest absolute Gasteiger partial charge is 0.338 e. The highest BCUT2D eigenvalue weighted by Crippen LogP contribution is 2.16. The zero-order chi connectivity index (χ0) is 20.8. The summed E-state index contributed by atoms with van der Waals surface area (Å²) in [6, 6.07) is 7.95. The second kappa shape index (κ2) is 9.49. The summed E-state index contributed by atoms with van der Waals surface area (Å²) in [4.78, 5) is 29.3. The van der Waals surface area contributed by atoms with Crippen molar-refractivity contribution in [2.75, 3.05) is 36.8 Å². The molecule has 1 saturated heterocycles. The number of hydrogen-bond acceptors (Lipinski definition) is 7. The molecule has 0 spiro atoms. The number of rotatable bonds is 6. The molecule has 4 rings (SSSR count). The molecule has 0 bridgehead atoms. The number of carbonyl (C=O) groups excluding carboxylic acids is 1. The number of nitrogens with one attached hydrogen (secondary N) is 1. The maximum Gasteiger partial charge on any atom is 0.233 e. The Morgan fingerprint density at radius 1 is 1.10 bits per heavy atom. The first-order valence-electron chi connectivity index (χ1n) is 9.46. The van der Waals surface area contributed by atoms with E-state index in [1.54, 1.807) is 36.7 Å². The van der Waals surface area contributed by atoms with E-state index in [-0.39, 0.29) is 17.5 Å². The van der Waals surface area contributed by atoms with Crippen LogP contribution in [0.25, 0.3) is 12.2 Å². The lowest BCUT2D eigenvalue weighted by Gasteiger charge is -2.34. The number of anilines is 1. The van der Waals surface area contributed by atoms with E-state index in [2.05, 4.69) is 30.0 Å². The molecule has 3 aromatic rings. The average Bonchev–Trinajstić information content (AvgIpc) is 3.26. The number of carbonyl (C=O) groups is 1. The zero-order valence-electron chi connectivity index (χ0n) is 16.1. The van der Waals surface area contributed by atoms with E-state index in [0.29, 0.717) is 43.1 Å². The molecule has 0 radical (unpaired) electrons. The predicted molar refractivity (Wildman–Crippen MR) is 113 cm³/mol. The van der Waals surface area contributed by atoms with E-state index in [1.165, 1.54) is 23.9 Å². The van der Waals surface area contributed by atoms with E-state index in [4.69, 9.17) is 0 Å². The fourth-order valence-electron chi connectivity index (χ4n) is 2.97. The summed E-state index contributed by atoms with van der Waals surface area (Å²) in [5, 5.41) is 7.47. The molecule has 2 aromatic heterocycles. The molecular weight excluding hydrogens is 405 g/mol. The van der Waals surface area contributed by atoms with Crippen LogP contribution in [-0.4, -0.2) is 67.9 Å². The topological polar surface area (TPSA) is 90.9 Å². The Hall–Kier alpha value is -3.27. The number of thioether (sulfide) groups is 1. The van der Waals surface area contributed by atoms with Gasteiger partial charge in [-0.15, -0.1) is 5.10 Å². The molecule has 0 aliphatic carbocycles. The summed E-state index contributed by atoms with van der Waals surface area (Å²) in [6.07, 6.45) is 7.01. The van der Waals surface area contributed by atoms with Crippen LogP contribution in [-0.2, 0) is 4.79 Å². The summed E-state index contributed by atoms with van der Waals surface area (Å²) in [5.41, 5.74) is 0.859. The molecule has 1 aromatic carbocycles. The van der Waals surface area contributed by atoms with Crippen molar-refractivity contribution in [3.05, 3.63) is 59.9 Å². The van der Waals surface area contributed by atoms with Gasteiger partial charge in [-0.3, -0.25) is 9.89 Å². The smallest absolute Gasteiger partial charge is 0.233 e. The number of H-pyrrole nitrogens is 1. The summed E-state index contributed by atoms with van der Waals surface area (Å²) in [5.74, 6) is 1.33. The maximum atomic E-state index is 12.9. The molecule has 1 amide bonds. The molecule has 10 heteroatoms. The lowest BCUT2D eigenvalue weighted by molar-refractivity contribution is -0.128. The Morgan fingerprint density at radius 2 is 1.83 bits per heavy atom. The van der Waals surface area contributed by atoms with Gasteiger partial charge in [-0.25, -0.2) is 19.3 Å². The summed E-state index contributed by atoms with van der Waals surface area (Å²) in [7, 11) is 0. The standard InChI is InChI=1S/C20H20FN7OS/c21-16-5-2-15(3-6-16)4-7-17-24-20(26-25-17)30-14-18(29)27-10-12-28(13-11-27)19-22-8-1-9-23-19/h1-9H,10-14H2,(H,24,25,26)/b7-4+. The predicted octanol–water partition coefficient (Wildman–Crippen LogP) is 2.35. The van der Waals surface area contributed by atoms with Crippen LogP contribution >= 0.6 is 11.8 Å². The van der Waals surface area contributed by atoms with Crippen LogP contribution in [0, 0.1) is 5.82 Å². The summed E-state index contributed by atoms with van der Waals surface area (Å²) < 4.78 is 12.9. The molecule has 30 heavy (non-hydrogen) atoms. The van der Waals surface area contributed by atoms with Gasteiger partial charge in [-0.2, -0.15) is 0 Å². The number of aromatic amines is 1. The number of hydrogen-bond donors (Lipinski definition) is 1. The third-order valence-corrected chi connectivity index (χ3v) is 5.41. The van der Waals surface area contributed by atoms with Gasteiger partial charge in [0.2, 0.25) is 17.0 Å². The van der Waals surface area contributed by atoms with Crippen molar-refractivity contribution in [3.8, 4) is 0 Å². The molecule has 1 fully saturated rings. The Kier molecular flexibility index (Phi) is 6.33. The third kappa shape index (κ3) is 5.20. The second-order valence-electron chi connectivity index (χ2n) is 6.59. The van der Waals surface area contributed by atoms with Crippen molar-refractivity contribution >= 4 is 35.8 Å². The van der Waals surface area contributed by atoms with Gasteiger partial charge in [0.05, 0.1) is 5.75 Å². The molecule has 8 nitrogen and oxygen atoms in total. The lowest BCUT2D eigenvalue weighted by atomic mass is 10.2.